The summed E-state index contributed by atoms with van der Waals surface area (Å²) in [6, 6.07) is 8.49. The first-order chi connectivity index (χ1) is 21.3. The van der Waals surface area contributed by atoms with Crippen molar-refractivity contribution in [2.24, 2.45) is 0 Å². The van der Waals surface area contributed by atoms with E-state index in [0.717, 1.165) is 22.9 Å². The van der Waals surface area contributed by atoms with E-state index >= 15 is 0 Å². The number of carbonyl (C=O) groups is 2. The quantitative estimate of drug-likeness (QED) is 0.0870. The van der Waals surface area contributed by atoms with Crippen molar-refractivity contribution < 1.29 is 39.9 Å². The summed E-state index contributed by atoms with van der Waals surface area (Å²) >= 11 is 3.30. The molecule has 2 heterocycles. The van der Waals surface area contributed by atoms with Gasteiger partial charge in [-0.3, -0.25) is 4.79 Å². The standard InChI is InChI=1S/C29H49N5O8S2/c35-22-17-32-20(25(38)27(22)40)8-13-43-15-10-30-24(37)7-4-12-42-28-23(36)18-33-21(26(28)39)9-14-44-16-11-31-29(41)34-19-5-2-1-3-6-19/h1-3,5-6,20-23,25-28,32-33,35-36,38-40H,4,7-18H2,(H,30,37)(H2,31,34,41)/t20-,21-,22-,23-,25+,26+,27+,28+/m1/s1. The maximum atomic E-state index is 12.2. The fourth-order valence-electron chi connectivity index (χ4n) is 5.06. The van der Waals surface area contributed by atoms with Gasteiger partial charge in [0.2, 0.25) is 5.91 Å². The van der Waals surface area contributed by atoms with E-state index in [9.17, 15) is 35.1 Å². The lowest BCUT2D eigenvalue weighted by Gasteiger charge is -2.38. The number of benzene rings is 1. The average molecular weight is 660 g/mol. The van der Waals surface area contributed by atoms with E-state index in [1.165, 1.54) is 0 Å². The Labute approximate surface area is 267 Å². The molecule has 0 radical (unpaired) electrons. The number of nitrogens with one attached hydrogen (secondary N) is 5. The van der Waals surface area contributed by atoms with Gasteiger partial charge in [0.25, 0.3) is 0 Å². The molecule has 3 rings (SSSR count). The molecule has 2 saturated heterocycles. The Hall–Kier alpha value is -1.66. The molecule has 0 unspecified atom stereocenters. The minimum absolute atomic E-state index is 0.0935. The summed E-state index contributed by atoms with van der Waals surface area (Å²) < 4.78 is 5.80. The van der Waals surface area contributed by atoms with Crippen molar-refractivity contribution in [1.29, 1.82) is 0 Å². The SMILES string of the molecule is O=C(CCCO[C@@H]1[C@@H](O)[C@@H](CCSCCNC(=O)Nc2ccccc2)NC[C@H]1O)NCCSCC[C@H]1NC[C@@H](O)[C@H](O)[C@H]1O. The topological polar surface area (TPSA) is 205 Å². The summed E-state index contributed by atoms with van der Waals surface area (Å²) in [5, 5.41) is 65.2. The fourth-order valence-corrected chi connectivity index (χ4v) is 6.80. The predicted octanol–water partition coefficient (Wildman–Crippen LogP) is -0.916. The number of carbonyl (C=O) groups excluding carboxylic acids is 2. The lowest BCUT2D eigenvalue weighted by atomic mass is 9.94. The second-order valence-corrected chi connectivity index (χ2v) is 13.4. The van der Waals surface area contributed by atoms with Crippen molar-refractivity contribution in [3.63, 3.8) is 0 Å². The molecule has 1 aromatic rings. The van der Waals surface area contributed by atoms with E-state index in [2.05, 4.69) is 26.6 Å². The molecule has 0 aromatic heterocycles. The Morgan fingerprint density at radius 2 is 1.41 bits per heavy atom. The minimum atomic E-state index is -1.14. The minimum Gasteiger partial charge on any atom is -0.389 e. The van der Waals surface area contributed by atoms with Crippen LogP contribution in [0.1, 0.15) is 25.7 Å². The zero-order valence-corrected chi connectivity index (χ0v) is 26.6. The highest BCUT2D eigenvalue weighted by Crippen LogP contribution is 2.19. The highest BCUT2D eigenvalue weighted by molar-refractivity contribution is 7.99. The molecule has 44 heavy (non-hydrogen) atoms. The largest absolute Gasteiger partial charge is 0.389 e. The molecular weight excluding hydrogens is 610 g/mol. The van der Waals surface area contributed by atoms with Crippen LogP contribution in [0.15, 0.2) is 30.3 Å². The maximum absolute atomic E-state index is 12.2. The summed E-state index contributed by atoms with van der Waals surface area (Å²) in [6.45, 7) is 1.84. The number of anilines is 1. The molecule has 15 heteroatoms. The van der Waals surface area contributed by atoms with Crippen molar-refractivity contribution in [1.82, 2.24) is 21.3 Å². The summed E-state index contributed by atoms with van der Waals surface area (Å²) in [5.41, 5.74) is 0.733. The fraction of sp³-hybridized carbons (Fsp3) is 0.724. The number of amides is 3. The number of ether oxygens (including phenoxy) is 1. The molecular formula is C29H49N5O8S2. The second-order valence-electron chi connectivity index (χ2n) is 11.0. The Morgan fingerprint density at radius 1 is 0.795 bits per heavy atom. The van der Waals surface area contributed by atoms with E-state index in [4.69, 9.17) is 4.74 Å². The van der Waals surface area contributed by atoms with E-state index in [1.807, 2.05) is 30.3 Å². The first-order valence-electron chi connectivity index (χ1n) is 15.3. The van der Waals surface area contributed by atoms with Crippen LogP contribution < -0.4 is 26.6 Å². The third-order valence-electron chi connectivity index (χ3n) is 7.60. The molecule has 0 bridgehead atoms. The molecule has 0 spiro atoms. The van der Waals surface area contributed by atoms with E-state index in [1.54, 1.807) is 23.5 Å². The van der Waals surface area contributed by atoms with Crippen LogP contribution in [0.2, 0.25) is 0 Å². The van der Waals surface area contributed by atoms with Crippen LogP contribution >= 0.6 is 23.5 Å². The van der Waals surface area contributed by atoms with Gasteiger partial charge in [-0.05, 0) is 42.9 Å². The molecule has 2 fully saturated rings. The van der Waals surface area contributed by atoms with E-state index in [-0.39, 0.29) is 43.6 Å². The number of aliphatic hydroxyl groups excluding tert-OH is 5. The lowest BCUT2D eigenvalue weighted by Crippen LogP contribution is -2.60. The summed E-state index contributed by atoms with van der Waals surface area (Å²) in [4.78, 5) is 24.1. The third kappa shape index (κ3) is 13.0. The average Bonchev–Trinajstić information content (AvgIpc) is 3.01. The normalized spacial score (nSPS) is 28.8. The predicted molar refractivity (Wildman–Crippen MR) is 173 cm³/mol. The van der Waals surface area contributed by atoms with Crippen molar-refractivity contribution in [3.8, 4) is 0 Å². The highest BCUT2D eigenvalue weighted by atomic mass is 32.2. The number of β-amino-alcohol motifs (C(OH)–C–C–N with tert-alkyl or cyclic N) is 2. The van der Waals surface area contributed by atoms with Gasteiger partial charge in [0.1, 0.15) is 12.2 Å². The van der Waals surface area contributed by atoms with Gasteiger partial charge >= 0.3 is 6.03 Å². The van der Waals surface area contributed by atoms with Crippen molar-refractivity contribution in [2.45, 2.75) is 74.4 Å². The lowest BCUT2D eigenvalue weighted by molar-refractivity contribution is -0.131. The third-order valence-corrected chi connectivity index (χ3v) is 9.63. The van der Waals surface area contributed by atoms with Crippen LogP contribution in [0.5, 0.6) is 0 Å². The van der Waals surface area contributed by atoms with Gasteiger partial charge in [-0.1, -0.05) is 18.2 Å². The maximum Gasteiger partial charge on any atom is 0.319 e. The van der Waals surface area contributed by atoms with Gasteiger partial charge in [-0.15, -0.1) is 0 Å². The molecule has 2 aliphatic heterocycles. The molecule has 250 valence electrons. The Balaban J connectivity index is 1.18. The van der Waals surface area contributed by atoms with Gasteiger partial charge in [0, 0.05) is 68.5 Å². The van der Waals surface area contributed by atoms with Crippen molar-refractivity contribution in [3.05, 3.63) is 30.3 Å². The zero-order valence-electron chi connectivity index (χ0n) is 25.0. The van der Waals surface area contributed by atoms with Gasteiger partial charge < -0.3 is 56.9 Å². The number of piperidine rings is 2. The summed E-state index contributed by atoms with van der Waals surface area (Å²) in [7, 11) is 0. The van der Waals surface area contributed by atoms with Crippen LogP contribution in [0.3, 0.4) is 0 Å². The number of hydrogen-bond acceptors (Lipinski definition) is 12. The molecule has 8 atom stereocenters. The van der Waals surface area contributed by atoms with Crippen molar-refractivity contribution >= 4 is 41.1 Å². The second kappa shape index (κ2) is 20.5. The monoisotopic (exact) mass is 659 g/mol. The van der Waals surface area contributed by atoms with Crippen LogP contribution in [0, 0.1) is 0 Å². The summed E-state index contributed by atoms with van der Waals surface area (Å²) in [5.74, 6) is 2.86. The molecule has 0 saturated carbocycles. The van der Waals surface area contributed by atoms with Gasteiger partial charge in [-0.25, -0.2) is 4.79 Å². The number of hydrogen-bond donors (Lipinski definition) is 10. The Bertz CT molecular complexity index is 971. The number of thioether (sulfide) groups is 2. The van der Waals surface area contributed by atoms with Crippen LogP contribution in [-0.2, 0) is 9.53 Å². The molecule has 1 aromatic carbocycles. The molecule has 13 nitrogen and oxygen atoms in total. The van der Waals surface area contributed by atoms with Crippen molar-refractivity contribution in [2.75, 3.05) is 61.1 Å². The zero-order chi connectivity index (χ0) is 31.7. The molecule has 10 N–H and O–H groups in total. The molecule has 2 aliphatic rings. The van der Waals surface area contributed by atoms with Crippen LogP contribution in [0.25, 0.3) is 0 Å². The highest BCUT2D eigenvalue weighted by Gasteiger charge is 2.38. The number of rotatable bonds is 18. The Kier molecular flexibility index (Phi) is 17.1. The van der Waals surface area contributed by atoms with Crippen LogP contribution in [-0.4, -0.2) is 142 Å². The van der Waals surface area contributed by atoms with Gasteiger partial charge in [-0.2, -0.15) is 23.5 Å². The summed E-state index contributed by atoms with van der Waals surface area (Å²) in [6.07, 6.45) is -3.48. The number of urea groups is 1. The first-order valence-corrected chi connectivity index (χ1v) is 17.6. The van der Waals surface area contributed by atoms with Gasteiger partial charge in [0.05, 0.1) is 24.4 Å². The van der Waals surface area contributed by atoms with E-state index < -0.39 is 36.6 Å². The Morgan fingerprint density at radius 3 is 2.09 bits per heavy atom. The number of para-hydroxylation sites is 1. The molecule has 3 amide bonds. The smallest absolute Gasteiger partial charge is 0.319 e. The molecule has 0 aliphatic carbocycles. The van der Waals surface area contributed by atoms with Gasteiger partial charge in [0.15, 0.2) is 0 Å². The van der Waals surface area contributed by atoms with E-state index in [0.29, 0.717) is 44.6 Å². The van der Waals surface area contributed by atoms with Crippen LogP contribution in [0.4, 0.5) is 10.5 Å². The number of aliphatic hydroxyl groups is 5. The first kappa shape index (κ1) is 36.8.